The Morgan fingerprint density at radius 3 is 2.26 bits per heavy atom. The van der Waals surface area contributed by atoms with Crippen molar-refractivity contribution < 1.29 is 24.9 Å². The van der Waals surface area contributed by atoms with Crippen LogP contribution in [0.3, 0.4) is 0 Å². The molecule has 0 aromatic carbocycles. The van der Waals surface area contributed by atoms with E-state index < -0.39 is 28.5 Å². The van der Waals surface area contributed by atoms with Gasteiger partial charge in [0, 0.05) is 17.8 Å². The van der Waals surface area contributed by atoms with E-state index in [4.69, 9.17) is 0 Å². The maximum absolute atomic E-state index is 13.1. The SMILES string of the molecule is C[C@@H]1CC[C@]2(C(=O)O)CC[C@]3(C)C(=CCC4[C@@]5(C)CC(=O)C(O)C(C)(C)C5CC[C@]43C)C2[C@]1(C)O. The molecule has 5 aliphatic carbocycles. The zero-order chi connectivity index (χ0) is 26.0. The van der Waals surface area contributed by atoms with Crippen LogP contribution in [0.5, 0.6) is 0 Å². The van der Waals surface area contributed by atoms with E-state index in [9.17, 15) is 24.9 Å². The van der Waals surface area contributed by atoms with Gasteiger partial charge in [0.1, 0.15) is 6.10 Å². The minimum absolute atomic E-state index is 0.0319. The Labute approximate surface area is 210 Å². The van der Waals surface area contributed by atoms with Crippen molar-refractivity contribution in [1.29, 1.82) is 0 Å². The lowest BCUT2D eigenvalue weighted by Gasteiger charge is -2.71. The number of aliphatic carboxylic acids is 1. The van der Waals surface area contributed by atoms with Crippen molar-refractivity contribution in [3.63, 3.8) is 0 Å². The zero-order valence-electron chi connectivity index (χ0n) is 22.8. The van der Waals surface area contributed by atoms with Crippen LogP contribution in [0.1, 0.15) is 99.8 Å². The van der Waals surface area contributed by atoms with E-state index in [1.807, 2.05) is 6.92 Å². The summed E-state index contributed by atoms with van der Waals surface area (Å²) in [5.74, 6) is -0.588. The molecule has 0 saturated heterocycles. The van der Waals surface area contributed by atoms with Gasteiger partial charge in [-0.2, -0.15) is 0 Å². The summed E-state index contributed by atoms with van der Waals surface area (Å²) in [7, 11) is 0. The normalized spacial score (nSPS) is 55.1. The zero-order valence-corrected chi connectivity index (χ0v) is 22.8. The highest BCUT2D eigenvalue weighted by Gasteiger charge is 2.71. The Bertz CT molecular complexity index is 995. The molecule has 0 radical (unpaired) electrons. The first-order valence-corrected chi connectivity index (χ1v) is 13.9. The Balaban J connectivity index is 1.65. The lowest BCUT2D eigenvalue weighted by atomic mass is 9.33. The number of carboxylic acids is 1. The highest BCUT2D eigenvalue weighted by Crippen LogP contribution is 2.75. The predicted octanol–water partition coefficient (Wildman–Crippen LogP) is 5.38. The molecule has 35 heavy (non-hydrogen) atoms. The quantitative estimate of drug-likeness (QED) is 0.432. The summed E-state index contributed by atoms with van der Waals surface area (Å²) in [4.78, 5) is 25.9. The van der Waals surface area contributed by atoms with Crippen LogP contribution in [0.4, 0.5) is 0 Å². The van der Waals surface area contributed by atoms with E-state index in [1.165, 1.54) is 5.57 Å². The fourth-order valence-electron chi connectivity index (χ4n) is 10.8. The van der Waals surface area contributed by atoms with Gasteiger partial charge in [0.05, 0.1) is 11.0 Å². The van der Waals surface area contributed by atoms with Crippen LogP contribution >= 0.6 is 0 Å². The first-order valence-electron chi connectivity index (χ1n) is 13.9. The first-order chi connectivity index (χ1) is 16.0. The average molecular weight is 487 g/mol. The number of carbonyl (C=O) groups excluding carboxylic acids is 1. The summed E-state index contributed by atoms with van der Waals surface area (Å²) in [5.41, 5.74) is -1.78. The Hall–Kier alpha value is -1.20. The Morgan fingerprint density at radius 2 is 1.63 bits per heavy atom. The van der Waals surface area contributed by atoms with Crippen molar-refractivity contribution in [1.82, 2.24) is 0 Å². The second-order valence-electron chi connectivity index (χ2n) is 14.7. The number of aliphatic hydroxyl groups excluding tert-OH is 1. The molecule has 196 valence electrons. The van der Waals surface area contributed by atoms with Crippen molar-refractivity contribution in [3.8, 4) is 0 Å². The van der Waals surface area contributed by atoms with Crippen LogP contribution in [0.2, 0.25) is 0 Å². The number of carbonyl (C=O) groups is 2. The molecule has 4 unspecified atom stereocenters. The molecule has 4 fully saturated rings. The number of hydrogen-bond donors (Lipinski definition) is 3. The van der Waals surface area contributed by atoms with Gasteiger partial charge in [-0.25, -0.2) is 0 Å². The average Bonchev–Trinajstić information content (AvgIpc) is 2.75. The van der Waals surface area contributed by atoms with Gasteiger partial charge in [-0.1, -0.05) is 53.2 Å². The largest absolute Gasteiger partial charge is 0.481 e. The molecule has 0 aliphatic heterocycles. The van der Waals surface area contributed by atoms with Crippen LogP contribution in [-0.4, -0.2) is 38.8 Å². The highest BCUT2D eigenvalue weighted by atomic mass is 16.4. The van der Waals surface area contributed by atoms with Gasteiger partial charge in [-0.3, -0.25) is 9.59 Å². The molecule has 10 atom stereocenters. The topological polar surface area (TPSA) is 94.8 Å². The van der Waals surface area contributed by atoms with Gasteiger partial charge in [-0.15, -0.1) is 0 Å². The number of fused-ring (bicyclic) bond motifs is 7. The standard InChI is InChI=1S/C30H46O5/c1-17-10-13-30(24(33)34)15-14-27(5)18(22(30)29(17,7)35)8-9-21-26(4)16-19(31)23(32)25(2,3)20(26)11-12-28(21,27)6/h8,17,20-23,32,35H,9-16H2,1-7H3,(H,33,34)/t17-,20?,21?,22?,23?,26+,27-,28-,29-,30+/m1/s1. The number of aliphatic hydroxyl groups is 2. The van der Waals surface area contributed by atoms with Gasteiger partial charge >= 0.3 is 5.97 Å². The van der Waals surface area contributed by atoms with Gasteiger partial charge in [0.25, 0.3) is 0 Å². The molecule has 0 aromatic rings. The Morgan fingerprint density at radius 1 is 0.971 bits per heavy atom. The maximum atomic E-state index is 13.1. The van der Waals surface area contributed by atoms with Crippen LogP contribution in [0.15, 0.2) is 11.6 Å². The second-order valence-corrected chi connectivity index (χ2v) is 14.7. The summed E-state index contributed by atoms with van der Waals surface area (Å²) in [6, 6.07) is 0. The van der Waals surface area contributed by atoms with E-state index in [1.54, 1.807) is 0 Å². The molecule has 5 rings (SSSR count). The summed E-state index contributed by atoms with van der Waals surface area (Å²) in [5, 5.41) is 33.2. The van der Waals surface area contributed by atoms with Gasteiger partial charge in [0.15, 0.2) is 5.78 Å². The van der Waals surface area contributed by atoms with Crippen molar-refractivity contribution in [2.45, 2.75) is 112 Å². The van der Waals surface area contributed by atoms with E-state index >= 15 is 0 Å². The van der Waals surface area contributed by atoms with Crippen LogP contribution in [0, 0.1) is 50.7 Å². The van der Waals surface area contributed by atoms with Gasteiger partial charge < -0.3 is 15.3 Å². The molecule has 0 amide bonds. The molecule has 5 aliphatic rings. The molecule has 3 N–H and O–H groups in total. The molecule has 0 aromatic heterocycles. The van der Waals surface area contributed by atoms with Gasteiger partial charge in [0.2, 0.25) is 0 Å². The van der Waals surface area contributed by atoms with Crippen molar-refractivity contribution in [3.05, 3.63) is 11.6 Å². The third-order valence-corrected chi connectivity index (χ3v) is 13.2. The van der Waals surface area contributed by atoms with Crippen molar-refractivity contribution in [2.75, 3.05) is 0 Å². The third kappa shape index (κ3) is 2.83. The van der Waals surface area contributed by atoms with Crippen LogP contribution < -0.4 is 0 Å². The smallest absolute Gasteiger partial charge is 0.310 e. The number of allylic oxidation sites excluding steroid dienone is 1. The molecular weight excluding hydrogens is 440 g/mol. The summed E-state index contributed by atoms with van der Waals surface area (Å²) < 4.78 is 0. The number of rotatable bonds is 1. The Kier molecular flexibility index (Phi) is 5.25. The van der Waals surface area contributed by atoms with Crippen LogP contribution in [0.25, 0.3) is 0 Å². The molecule has 5 nitrogen and oxygen atoms in total. The lowest BCUT2D eigenvalue weighted by molar-refractivity contribution is -0.215. The molecule has 4 saturated carbocycles. The second kappa shape index (κ2) is 7.22. The van der Waals surface area contributed by atoms with E-state index in [-0.39, 0.29) is 45.7 Å². The van der Waals surface area contributed by atoms with Gasteiger partial charge in [-0.05, 0) is 85.9 Å². The van der Waals surface area contributed by atoms with E-state index in [0.29, 0.717) is 19.3 Å². The molecule has 0 heterocycles. The highest BCUT2D eigenvalue weighted by molar-refractivity contribution is 5.85. The third-order valence-electron chi connectivity index (χ3n) is 13.2. The first kappa shape index (κ1) is 25.4. The summed E-state index contributed by atoms with van der Waals surface area (Å²) >= 11 is 0. The number of carboxylic acid groups (broad SMARTS) is 1. The lowest BCUT2D eigenvalue weighted by Crippen LogP contribution is -2.68. The fraction of sp³-hybridized carbons (Fsp3) is 0.867. The van der Waals surface area contributed by atoms with Crippen molar-refractivity contribution in [2.24, 2.45) is 50.7 Å². The number of Topliss-reactive ketones (excluding diaryl/α,β-unsaturated/α-hetero) is 1. The summed E-state index contributed by atoms with van der Waals surface area (Å²) in [6.45, 7) is 15.1. The monoisotopic (exact) mass is 486 g/mol. The predicted molar refractivity (Wildman–Crippen MR) is 134 cm³/mol. The fourth-order valence-corrected chi connectivity index (χ4v) is 10.8. The van der Waals surface area contributed by atoms with Crippen molar-refractivity contribution >= 4 is 11.8 Å². The number of ketones is 1. The van der Waals surface area contributed by atoms with Crippen LogP contribution in [-0.2, 0) is 9.59 Å². The molecule has 5 heteroatoms. The minimum Gasteiger partial charge on any atom is -0.481 e. The molecule has 0 bridgehead atoms. The van der Waals surface area contributed by atoms with E-state index in [0.717, 1.165) is 32.1 Å². The number of hydrogen-bond acceptors (Lipinski definition) is 4. The molecule has 0 spiro atoms. The van der Waals surface area contributed by atoms with E-state index in [2.05, 4.69) is 47.6 Å². The maximum Gasteiger partial charge on any atom is 0.310 e. The minimum atomic E-state index is -1.07. The molecular formula is C30H46O5. The summed E-state index contributed by atoms with van der Waals surface area (Å²) in [6.07, 6.45) is 7.35.